The van der Waals surface area contributed by atoms with Gasteiger partial charge in [-0.1, -0.05) is 6.92 Å². The van der Waals surface area contributed by atoms with E-state index in [1.807, 2.05) is 25.9 Å². The Hall–Kier alpha value is -0.920. The van der Waals surface area contributed by atoms with Gasteiger partial charge in [0.1, 0.15) is 0 Å². The van der Waals surface area contributed by atoms with Crippen LogP contribution in [0.2, 0.25) is 0 Å². The number of primary sulfonamides is 1. The lowest BCUT2D eigenvalue weighted by molar-refractivity contribution is 0.380. The minimum atomic E-state index is -3.71. The molecular weight excluding hydrogens is 228 g/mol. The molecule has 0 spiro atoms. The van der Waals surface area contributed by atoms with Gasteiger partial charge in [-0.2, -0.15) is 5.10 Å². The van der Waals surface area contributed by atoms with Crippen LogP contribution in [0.1, 0.15) is 19.0 Å². The van der Waals surface area contributed by atoms with Gasteiger partial charge >= 0.3 is 0 Å². The summed E-state index contributed by atoms with van der Waals surface area (Å²) in [5.74, 6) is 0. The highest BCUT2D eigenvalue weighted by atomic mass is 32.2. The largest absolute Gasteiger partial charge is 0.304 e. The molecule has 0 saturated carbocycles. The predicted molar refractivity (Wildman–Crippen MR) is 61.3 cm³/mol. The fourth-order valence-corrected chi connectivity index (χ4v) is 1.94. The molecule has 1 aromatic rings. The quantitative estimate of drug-likeness (QED) is 0.793. The molecular formula is C9H18N4O2S. The Morgan fingerprint density at radius 1 is 1.50 bits per heavy atom. The van der Waals surface area contributed by atoms with Crippen LogP contribution < -0.4 is 5.14 Å². The van der Waals surface area contributed by atoms with E-state index >= 15 is 0 Å². The third kappa shape index (κ3) is 3.29. The summed E-state index contributed by atoms with van der Waals surface area (Å²) in [6, 6.07) is 1.53. The maximum atomic E-state index is 11.2. The summed E-state index contributed by atoms with van der Waals surface area (Å²) in [7, 11) is 0.124. The average Bonchev–Trinajstić information content (AvgIpc) is 2.47. The van der Waals surface area contributed by atoms with Gasteiger partial charge in [0.2, 0.25) is 0 Å². The average molecular weight is 246 g/mol. The van der Waals surface area contributed by atoms with Crippen molar-refractivity contribution in [1.29, 1.82) is 0 Å². The topological polar surface area (TPSA) is 81.2 Å². The molecule has 0 fully saturated rings. The van der Waals surface area contributed by atoms with Crippen LogP contribution >= 0.6 is 0 Å². The summed E-state index contributed by atoms with van der Waals surface area (Å²) >= 11 is 0. The molecule has 92 valence electrons. The molecule has 1 heterocycles. The van der Waals surface area contributed by atoms with E-state index in [2.05, 4.69) is 5.10 Å². The van der Waals surface area contributed by atoms with Crippen LogP contribution in [0.5, 0.6) is 0 Å². The van der Waals surface area contributed by atoms with Gasteiger partial charge in [0.05, 0.1) is 5.69 Å². The van der Waals surface area contributed by atoms with E-state index in [0.717, 1.165) is 12.1 Å². The summed E-state index contributed by atoms with van der Waals surface area (Å²) in [6.07, 6.45) is 0.895. The van der Waals surface area contributed by atoms with Crippen molar-refractivity contribution in [3.05, 3.63) is 11.8 Å². The SMILES string of the molecule is CCCn1nc(S(N)(=O)=O)cc1CN(C)C. The van der Waals surface area contributed by atoms with Crippen molar-refractivity contribution < 1.29 is 8.42 Å². The molecule has 0 atom stereocenters. The Morgan fingerprint density at radius 2 is 2.12 bits per heavy atom. The van der Waals surface area contributed by atoms with Gasteiger partial charge < -0.3 is 4.90 Å². The third-order valence-corrected chi connectivity index (χ3v) is 2.83. The van der Waals surface area contributed by atoms with Gasteiger partial charge in [-0.05, 0) is 20.5 Å². The van der Waals surface area contributed by atoms with Gasteiger partial charge in [0, 0.05) is 19.2 Å². The minimum Gasteiger partial charge on any atom is -0.304 e. The number of nitrogens with zero attached hydrogens (tertiary/aromatic N) is 3. The molecule has 0 aliphatic heterocycles. The highest BCUT2D eigenvalue weighted by Crippen LogP contribution is 2.11. The molecule has 16 heavy (non-hydrogen) atoms. The maximum Gasteiger partial charge on any atom is 0.257 e. The molecule has 1 rings (SSSR count). The molecule has 0 aromatic carbocycles. The van der Waals surface area contributed by atoms with Gasteiger partial charge in [-0.3, -0.25) is 4.68 Å². The molecule has 0 radical (unpaired) electrons. The lowest BCUT2D eigenvalue weighted by Gasteiger charge is -2.10. The second kappa shape index (κ2) is 4.94. The summed E-state index contributed by atoms with van der Waals surface area (Å²) in [6.45, 7) is 3.35. The van der Waals surface area contributed by atoms with Crippen LogP contribution in [0.3, 0.4) is 0 Å². The molecule has 0 bridgehead atoms. The lowest BCUT2D eigenvalue weighted by Crippen LogP contribution is -2.15. The summed E-state index contributed by atoms with van der Waals surface area (Å²) < 4.78 is 24.0. The van der Waals surface area contributed by atoms with E-state index in [1.165, 1.54) is 6.07 Å². The lowest BCUT2D eigenvalue weighted by atomic mass is 10.4. The molecule has 0 aliphatic carbocycles. The number of nitrogens with two attached hydrogens (primary N) is 1. The van der Waals surface area contributed by atoms with Crippen LogP contribution in [-0.4, -0.2) is 37.2 Å². The highest BCUT2D eigenvalue weighted by molar-refractivity contribution is 7.89. The van der Waals surface area contributed by atoms with E-state index in [9.17, 15) is 8.42 Å². The molecule has 0 unspecified atom stereocenters. The van der Waals surface area contributed by atoms with Crippen LogP contribution in [0.15, 0.2) is 11.1 Å². The molecule has 6 nitrogen and oxygen atoms in total. The molecule has 0 amide bonds. The number of hydrogen-bond donors (Lipinski definition) is 1. The molecule has 0 saturated heterocycles. The van der Waals surface area contributed by atoms with Crippen molar-refractivity contribution in [3.63, 3.8) is 0 Å². The van der Waals surface area contributed by atoms with E-state index in [4.69, 9.17) is 5.14 Å². The van der Waals surface area contributed by atoms with Crippen LogP contribution in [0.25, 0.3) is 0 Å². The molecule has 7 heteroatoms. The van der Waals surface area contributed by atoms with Crippen molar-refractivity contribution in [2.24, 2.45) is 5.14 Å². The van der Waals surface area contributed by atoms with Crippen molar-refractivity contribution in [2.45, 2.75) is 31.5 Å². The Bertz CT molecular complexity index is 450. The summed E-state index contributed by atoms with van der Waals surface area (Å²) in [5.41, 5.74) is 0.857. The van der Waals surface area contributed by atoms with Gasteiger partial charge in [0.15, 0.2) is 5.03 Å². The summed E-state index contributed by atoms with van der Waals surface area (Å²) in [5, 5.41) is 8.99. The fourth-order valence-electron chi connectivity index (χ4n) is 1.42. The first-order valence-electron chi connectivity index (χ1n) is 5.09. The first-order chi connectivity index (χ1) is 7.34. The van der Waals surface area contributed by atoms with Crippen molar-refractivity contribution in [2.75, 3.05) is 14.1 Å². The van der Waals surface area contributed by atoms with Gasteiger partial charge in [-0.25, -0.2) is 13.6 Å². The first-order valence-corrected chi connectivity index (χ1v) is 6.63. The van der Waals surface area contributed by atoms with E-state index in [-0.39, 0.29) is 5.03 Å². The zero-order chi connectivity index (χ0) is 12.3. The number of sulfonamides is 1. The van der Waals surface area contributed by atoms with Gasteiger partial charge in [0.25, 0.3) is 10.0 Å². The molecule has 2 N–H and O–H groups in total. The van der Waals surface area contributed by atoms with Gasteiger partial charge in [-0.15, -0.1) is 0 Å². The number of aryl methyl sites for hydroxylation is 1. The number of aromatic nitrogens is 2. The van der Waals surface area contributed by atoms with Crippen LogP contribution in [-0.2, 0) is 23.1 Å². The maximum absolute atomic E-state index is 11.2. The zero-order valence-electron chi connectivity index (χ0n) is 9.84. The zero-order valence-corrected chi connectivity index (χ0v) is 10.7. The smallest absolute Gasteiger partial charge is 0.257 e. The number of rotatable bonds is 5. The Morgan fingerprint density at radius 3 is 2.56 bits per heavy atom. The Labute approximate surface area is 96.1 Å². The summed E-state index contributed by atoms with van der Waals surface area (Å²) in [4.78, 5) is 1.95. The second-order valence-corrected chi connectivity index (χ2v) is 5.49. The van der Waals surface area contributed by atoms with E-state index in [0.29, 0.717) is 13.1 Å². The second-order valence-electron chi connectivity index (χ2n) is 3.98. The van der Waals surface area contributed by atoms with Crippen molar-refractivity contribution in [1.82, 2.24) is 14.7 Å². The predicted octanol–water partition coefficient (Wildman–Crippen LogP) is 0.00210. The minimum absolute atomic E-state index is 0.0576. The van der Waals surface area contributed by atoms with Crippen molar-refractivity contribution in [3.8, 4) is 0 Å². The standard InChI is InChI=1S/C9H18N4O2S/c1-4-5-13-8(7-12(2)3)6-9(11-13)16(10,14)15/h6H,4-5,7H2,1-3H3,(H2,10,14,15). The Kier molecular flexibility index (Phi) is 4.06. The monoisotopic (exact) mass is 246 g/mol. The van der Waals surface area contributed by atoms with Crippen LogP contribution in [0, 0.1) is 0 Å². The highest BCUT2D eigenvalue weighted by Gasteiger charge is 2.16. The third-order valence-electron chi connectivity index (χ3n) is 2.05. The van der Waals surface area contributed by atoms with E-state index in [1.54, 1.807) is 4.68 Å². The van der Waals surface area contributed by atoms with Crippen LogP contribution in [0.4, 0.5) is 0 Å². The first kappa shape index (κ1) is 13.1. The van der Waals surface area contributed by atoms with E-state index < -0.39 is 10.0 Å². The molecule has 0 aliphatic rings. The molecule has 1 aromatic heterocycles. The van der Waals surface area contributed by atoms with Crippen molar-refractivity contribution >= 4 is 10.0 Å². The Balaban J connectivity index is 3.09. The fraction of sp³-hybridized carbons (Fsp3) is 0.667. The normalized spacial score (nSPS) is 12.3. The number of hydrogen-bond acceptors (Lipinski definition) is 4.